The standard InChI is InChI=1S/C16H21NO5/c1-11(14-13(8-5-9-18)17-15(14)19)22-16(20)21-10-12-6-3-2-4-7-12/h2-4,6-7,11,13-14,18H,5,8-10H2,1H3,(H,17,19)/t11-,13+,14-/m1/s1. The third-order valence-electron chi connectivity index (χ3n) is 3.72. The summed E-state index contributed by atoms with van der Waals surface area (Å²) in [5.74, 6) is -0.512. The fourth-order valence-electron chi connectivity index (χ4n) is 2.53. The molecule has 0 aliphatic carbocycles. The third kappa shape index (κ3) is 4.21. The van der Waals surface area contributed by atoms with E-state index in [0.29, 0.717) is 12.8 Å². The SMILES string of the molecule is C[C@@H](OC(=O)OCc1ccccc1)[C@H]1C(=O)N[C@H]1CCCO. The minimum atomic E-state index is -0.781. The van der Waals surface area contributed by atoms with E-state index in [2.05, 4.69) is 5.32 Å². The van der Waals surface area contributed by atoms with Crippen LogP contribution in [-0.2, 0) is 20.9 Å². The highest BCUT2D eigenvalue weighted by molar-refractivity contribution is 5.86. The van der Waals surface area contributed by atoms with Crippen LogP contribution >= 0.6 is 0 Å². The maximum Gasteiger partial charge on any atom is 0.508 e. The predicted molar refractivity (Wildman–Crippen MR) is 78.9 cm³/mol. The molecule has 1 aromatic carbocycles. The van der Waals surface area contributed by atoms with Gasteiger partial charge in [-0.05, 0) is 25.3 Å². The maximum atomic E-state index is 11.7. The van der Waals surface area contributed by atoms with Crippen molar-refractivity contribution in [3.05, 3.63) is 35.9 Å². The zero-order valence-electron chi connectivity index (χ0n) is 12.5. The van der Waals surface area contributed by atoms with Gasteiger partial charge in [-0.1, -0.05) is 30.3 Å². The summed E-state index contributed by atoms with van der Waals surface area (Å²) in [6.07, 6.45) is -0.0654. The zero-order chi connectivity index (χ0) is 15.9. The predicted octanol–water partition coefficient (Wildman–Crippen LogP) is 1.62. The summed E-state index contributed by atoms with van der Waals surface area (Å²) in [5, 5.41) is 11.6. The number of ether oxygens (including phenoxy) is 2. The van der Waals surface area contributed by atoms with Crippen molar-refractivity contribution in [3.8, 4) is 0 Å². The summed E-state index contributed by atoms with van der Waals surface area (Å²) in [4.78, 5) is 23.3. The van der Waals surface area contributed by atoms with Crippen molar-refractivity contribution in [2.75, 3.05) is 6.61 Å². The Morgan fingerprint density at radius 2 is 2.09 bits per heavy atom. The molecular weight excluding hydrogens is 286 g/mol. The second kappa shape index (κ2) is 7.79. The van der Waals surface area contributed by atoms with E-state index in [4.69, 9.17) is 14.6 Å². The Labute approximate surface area is 129 Å². The number of β-lactam (4-membered cyclic amide) rings is 1. The molecule has 6 nitrogen and oxygen atoms in total. The number of nitrogens with one attached hydrogen (secondary N) is 1. The molecule has 6 heteroatoms. The average Bonchev–Trinajstić information content (AvgIpc) is 2.50. The van der Waals surface area contributed by atoms with Crippen LogP contribution in [-0.4, -0.2) is 35.9 Å². The molecule has 1 heterocycles. The number of amides is 1. The molecule has 2 N–H and O–H groups in total. The van der Waals surface area contributed by atoms with Crippen molar-refractivity contribution in [2.24, 2.45) is 5.92 Å². The van der Waals surface area contributed by atoms with Gasteiger partial charge in [-0.25, -0.2) is 4.79 Å². The van der Waals surface area contributed by atoms with Gasteiger partial charge < -0.3 is 19.9 Å². The van der Waals surface area contributed by atoms with Crippen LogP contribution < -0.4 is 5.32 Å². The fourth-order valence-corrected chi connectivity index (χ4v) is 2.53. The monoisotopic (exact) mass is 307 g/mol. The highest BCUT2D eigenvalue weighted by atomic mass is 16.7. The van der Waals surface area contributed by atoms with Crippen molar-refractivity contribution < 1.29 is 24.2 Å². The molecule has 120 valence electrons. The van der Waals surface area contributed by atoms with E-state index >= 15 is 0 Å². The normalized spacial score (nSPS) is 21.5. The number of carbonyl (C=O) groups is 2. The summed E-state index contributed by atoms with van der Waals surface area (Å²) in [6.45, 7) is 1.89. The van der Waals surface area contributed by atoms with Gasteiger partial charge in [-0.15, -0.1) is 0 Å². The molecule has 1 aliphatic heterocycles. The van der Waals surface area contributed by atoms with Crippen LogP contribution in [0.2, 0.25) is 0 Å². The van der Waals surface area contributed by atoms with Gasteiger partial charge in [0.15, 0.2) is 0 Å². The Morgan fingerprint density at radius 3 is 2.73 bits per heavy atom. The number of hydrogen-bond acceptors (Lipinski definition) is 5. The van der Waals surface area contributed by atoms with Crippen LogP contribution in [0.5, 0.6) is 0 Å². The number of benzene rings is 1. The highest BCUT2D eigenvalue weighted by Crippen LogP contribution is 2.25. The summed E-state index contributed by atoms with van der Waals surface area (Å²) in [6, 6.07) is 9.23. The second-order valence-corrected chi connectivity index (χ2v) is 5.35. The molecule has 1 amide bonds. The molecule has 1 saturated heterocycles. The number of carbonyl (C=O) groups excluding carboxylic acids is 2. The van der Waals surface area contributed by atoms with Gasteiger partial charge in [-0.3, -0.25) is 4.79 Å². The highest BCUT2D eigenvalue weighted by Gasteiger charge is 2.44. The fraction of sp³-hybridized carbons (Fsp3) is 0.500. The Bertz CT molecular complexity index is 505. The Kier molecular flexibility index (Phi) is 5.77. The number of aliphatic hydroxyl groups excluding tert-OH is 1. The first-order valence-electron chi connectivity index (χ1n) is 7.40. The lowest BCUT2D eigenvalue weighted by molar-refractivity contribution is -0.141. The van der Waals surface area contributed by atoms with Crippen molar-refractivity contribution >= 4 is 12.1 Å². The molecule has 22 heavy (non-hydrogen) atoms. The molecule has 1 aliphatic rings. The molecule has 1 aromatic rings. The molecule has 3 atom stereocenters. The van der Waals surface area contributed by atoms with Crippen molar-refractivity contribution in [3.63, 3.8) is 0 Å². The van der Waals surface area contributed by atoms with Crippen molar-refractivity contribution in [1.29, 1.82) is 0 Å². The average molecular weight is 307 g/mol. The number of rotatable bonds is 7. The minimum absolute atomic E-state index is 0.0587. The first-order valence-corrected chi connectivity index (χ1v) is 7.40. The van der Waals surface area contributed by atoms with Gasteiger partial charge in [0.05, 0.1) is 5.92 Å². The van der Waals surface area contributed by atoms with E-state index < -0.39 is 12.3 Å². The van der Waals surface area contributed by atoms with E-state index in [0.717, 1.165) is 5.56 Å². The molecule has 2 rings (SSSR count). The Balaban J connectivity index is 1.76. The van der Waals surface area contributed by atoms with Crippen LogP contribution in [0.3, 0.4) is 0 Å². The zero-order valence-corrected chi connectivity index (χ0v) is 12.5. The molecule has 0 radical (unpaired) electrons. The molecule has 0 saturated carbocycles. The number of aliphatic hydroxyl groups is 1. The van der Waals surface area contributed by atoms with E-state index in [1.807, 2.05) is 30.3 Å². The van der Waals surface area contributed by atoms with Crippen LogP contribution in [0.25, 0.3) is 0 Å². The second-order valence-electron chi connectivity index (χ2n) is 5.35. The summed E-state index contributed by atoms with van der Waals surface area (Å²) >= 11 is 0. The van der Waals surface area contributed by atoms with Gasteiger partial charge >= 0.3 is 6.16 Å². The van der Waals surface area contributed by atoms with Crippen LogP contribution in [0, 0.1) is 5.92 Å². The summed E-state index contributed by atoms with van der Waals surface area (Å²) in [5.41, 5.74) is 0.870. The van der Waals surface area contributed by atoms with E-state index in [9.17, 15) is 9.59 Å². The Morgan fingerprint density at radius 1 is 1.36 bits per heavy atom. The minimum Gasteiger partial charge on any atom is -0.430 e. The Hall–Kier alpha value is -2.08. The van der Waals surface area contributed by atoms with Crippen LogP contribution in [0.15, 0.2) is 30.3 Å². The lowest BCUT2D eigenvalue weighted by Gasteiger charge is -2.39. The van der Waals surface area contributed by atoms with Gasteiger partial charge in [0, 0.05) is 12.6 Å². The molecule has 0 bridgehead atoms. The molecule has 0 unspecified atom stereocenters. The third-order valence-corrected chi connectivity index (χ3v) is 3.72. The number of hydrogen-bond donors (Lipinski definition) is 2. The van der Waals surface area contributed by atoms with Gasteiger partial charge in [-0.2, -0.15) is 0 Å². The molecule has 0 spiro atoms. The lowest BCUT2D eigenvalue weighted by atomic mass is 9.83. The first kappa shape index (κ1) is 16.3. The van der Waals surface area contributed by atoms with Crippen LogP contribution in [0.4, 0.5) is 4.79 Å². The lowest BCUT2D eigenvalue weighted by Crippen LogP contribution is -2.62. The van der Waals surface area contributed by atoms with E-state index in [1.165, 1.54) is 0 Å². The molecule has 1 fully saturated rings. The van der Waals surface area contributed by atoms with E-state index in [1.54, 1.807) is 6.92 Å². The van der Waals surface area contributed by atoms with E-state index in [-0.39, 0.29) is 31.1 Å². The van der Waals surface area contributed by atoms with Gasteiger partial charge in [0.25, 0.3) is 0 Å². The first-order chi connectivity index (χ1) is 10.6. The summed E-state index contributed by atoms with van der Waals surface area (Å²) < 4.78 is 10.2. The molecular formula is C16H21NO5. The van der Waals surface area contributed by atoms with Crippen molar-refractivity contribution in [1.82, 2.24) is 5.32 Å². The smallest absolute Gasteiger partial charge is 0.430 e. The van der Waals surface area contributed by atoms with Crippen molar-refractivity contribution in [2.45, 2.75) is 38.5 Å². The maximum absolute atomic E-state index is 11.7. The largest absolute Gasteiger partial charge is 0.508 e. The molecule has 0 aromatic heterocycles. The topological polar surface area (TPSA) is 84.9 Å². The summed E-state index contributed by atoms with van der Waals surface area (Å²) in [7, 11) is 0. The van der Waals surface area contributed by atoms with Gasteiger partial charge in [0.1, 0.15) is 12.7 Å². The quantitative estimate of drug-likeness (QED) is 0.590. The van der Waals surface area contributed by atoms with Crippen LogP contribution in [0.1, 0.15) is 25.3 Å². The van der Waals surface area contributed by atoms with Gasteiger partial charge in [0.2, 0.25) is 5.91 Å².